The Balaban J connectivity index is 0.00000361. The van der Waals surface area contributed by atoms with Gasteiger partial charge in [-0.1, -0.05) is 20.8 Å². The fourth-order valence-electron chi connectivity index (χ4n) is 2.40. The van der Waals surface area contributed by atoms with Gasteiger partial charge in [0.2, 0.25) is 0 Å². The summed E-state index contributed by atoms with van der Waals surface area (Å²) in [5.74, 6) is 1.52. The highest BCUT2D eigenvalue weighted by Gasteiger charge is 2.27. The van der Waals surface area contributed by atoms with Crippen LogP contribution < -0.4 is 11.1 Å². The number of furan rings is 1. The van der Waals surface area contributed by atoms with Crippen LogP contribution in [0.4, 0.5) is 0 Å². The summed E-state index contributed by atoms with van der Waals surface area (Å²) in [4.78, 5) is 12.2. The molecule has 3 N–H and O–H groups in total. The van der Waals surface area contributed by atoms with E-state index in [1.165, 1.54) is 0 Å². The lowest BCUT2D eigenvalue weighted by Gasteiger charge is -2.30. The van der Waals surface area contributed by atoms with Crippen molar-refractivity contribution in [1.82, 2.24) is 5.32 Å². The highest BCUT2D eigenvalue weighted by atomic mass is 35.5. The molecule has 1 unspecified atom stereocenters. The van der Waals surface area contributed by atoms with Crippen LogP contribution in [-0.2, 0) is 6.42 Å². The van der Waals surface area contributed by atoms with Crippen molar-refractivity contribution < 1.29 is 9.21 Å². The lowest BCUT2D eigenvalue weighted by Crippen LogP contribution is -2.52. The Hall–Kier alpha value is -1.00. The molecule has 0 bridgehead atoms. The number of hydrogen-bond donors (Lipinski definition) is 2. The average Bonchev–Trinajstić information content (AvgIpc) is 2.69. The number of halogens is 1. The molecule has 20 heavy (non-hydrogen) atoms. The van der Waals surface area contributed by atoms with Crippen LogP contribution >= 0.6 is 12.4 Å². The summed E-state index contributed by atoms with van der Waals surface area (Å²) in [6.45, 7) is 10.6. The van der Waals surface area contributed by atoms with Crippen LogP contribution in [-0.4, -0.2) is 18.0 Å². The van der Waals surface area contributed by atoms with Gasteiger partial charge in [0.25, 0.3) is 5.91 Å². The van der Waals surface area contributed by atoms with Gasteiger partial charge >= 0.3 is 0 Å². The molecule has 0 fully saturated rings. The molecule has 1 atom stereocenters. The molecule has 116 valence electrons. The highest BCUT2D eigenvalue weighted by molar-refractivity contribution is 5.92. The number of hydrogen-bond acceptors (Lipinski definition) is 3. The molecule has 1 amide bonds. The highest BCUT2D eigenvalue weighted by Crippen LogP contribution is 2.19. The number of nitrogens with one attached hydrogen (secondary N) is 1. The first kappa shape index (κ1) is 19.0. The molecule has 0 spiro atoms. The van der Waals surface area contributed by atoms with E-state index in [1.54, 1.807) is 6.07 Å². The minimum atomic E-state index is -0.391. The number of carbonyl (C=O) groups is 1. The van der Waals surface area contributed by atoms with Crippen LogP contribution in [0.5, 0.6) is 0 Å². The summed E-state index contributed by atoms with van der Waals surface area (Å²) in [5.41, 5.74) is 6.43. The Bertz CT molecular complexity index is 443. The molecular weight excluding hydrogens is 276 g/mol. The molecule has 4 nitrogen and oxygen atoms in total. The zero-order chi connectivity index (χ0) is 14.6. The van der Waals surface area contributed by atoms with Crippen molar-refractivity contribution in [2.75, 3.05) is 6.54 Å². The van der Waals surface area contributed by atoms with Crippen LogP contribution in [0.3, 0.4) is 0 Å². The Morgan fingerprint density at radius 3 is 2.50 bits per heavy atom. The molecule has 1 heterocycles. The summed E-state index contributed by atoms with van der Waals surface area (Å²) < 4.78 is 5.57. The van der Waals surface area contributed by atoms with Gasteiger partial charge in [-0.25, -0.2) is 0 Å². The minimum Gasteiger partial charge on any atom is -0.456 e. The van der Waals surface area contributed by atoms with Gasteiger partial charge in [-0.2, -0.15) is 0 Å². The second-order valence-corrected chi connectivity index (χ2v) is 5.89. The summed E-state index contributed by atoms with van der Waals surface area (Å²) >= 11 is 0. The van der Waals surface area contributed by atoms with Crippen LogP contribution in [0.2, 0.25) is 0 Å². The number of amides is 1. The maximum Gasteiger partial charge on any atom is 0.287 e. The van der Waals surface area contributed by atoms with Crippen molar-refractivity contribution >= 4 is 18.3 Å². The molecule has 1 rings (SSSR count). The molecule has 0 aromatic carbocycles. The lowest BCUT2D eigenvalue weighted by atomic mass is 9.90. The Labute approximate surface area is 127 Å². The predicted octanol–water partition coefficient (Wildman–Crippen LogP) is 3.07. The maximum atomic E-state index is 12.2. The van der Waals surface area contributed by atoms with E-state index in [0.29, 0.717) is 18.2 Å². The van der Waals surface area contributed by atoms with Gasteiger partial charge in [0, 0.05) is 13.0 Å². The monoisotopic (exact) mass is 302 g/mol. The zero-order valence-electron chi connectivity index (χ0n) is 13.1. The second kappa shape index (κ2) is 7.70. The first-order chi connectivity index (χ1) is 8.81. The average molecular weight is 303 g/mol. The number of aryl methyl sites for hydroxylation is 2. The van der Waals surface area contributed by atoms with E-state index >= 15 is 0 Å². The van der Waals surface area contributed by atoms with E-state index in [9.17, 15) is 4.79 Å². The van der Waals surface area contributed by atoms with Crippen molar-refractivity contribution in [3.8, 4) is 0 Å². The van der Waals surface area contributed by atoms with Gasteiger partial charge in [0.15, 0.2) is 5.76 Å². The third-order valence-electron chi connectivity index (χ3n) is 3.29. The molecular formula is C15H27ClN2O2. The van der Waals surface area contributed by atoms with Crippen LogP contribution in [0.1, 0.15) is 56.0 Å². The summed E-state index contributed by atoms with van der Waals surface area (Å²) in [6.07, 6.45) is 1.63. The molecule has 0 aliphatic rings. The second-order valence-electron chi connectivity index (χ2n) is 5.89. The first-order valence-corrected chi connectivity index (χ1v) is 6.93. The van der Waals surface area contributed by atoms with Gasteiger partial charge < -0.3 is 15.5 Å². The van der Waals surface area contributed by atoms with Crippen molar-refractivity contribution in [3.05, 3.63) is 23.2 Å². The van der Waals surface area contributed by atoms with Crippen molar-refractivity contribution in [3.63, 3.8) is 0 Å². The molecule has 0 saturated heterocycles. The molecule has 0 radical (unpaired) electrons. The van der Waals surface area contributed by atoms with Gasteiger partial charge in [-0.3, -0.25) is 4.79 Å². The van der Waals surface area contributed by atoms with Gasteiger partial charge in [-0.05, 0) is 37.8 Å². The maximum absolute atomic E-state index is 12.2. The number of rotatable bonds is 6. The van der Waals surface area contributed by atoms with E-state index in [-0.39, 0.29) is 18.3 Å². The fourth-order valence-corrected chi connectivity index (χ4v) is 2.40. The van der Waals surface area contributed by atoms with Crippen LogP contribution in [0, 0.1) is 12.8 Å². The van der Waals surface area contributed by atoms with E-state index in [2.05, 4.69) is 19.2 Å². The molecule has 0 saturated carbocycles. The lowest BCUT2D eigenvalue weighted by molar-refractivity contribution is 0.0868. The Morgan fingerprint density at radius 1 is 1.50 bits per heavy atom. The standard InChI is InChI=1S/C15H26N2O2.ClH/c1-6-12-11(4)7-13(19-12)14(18)17-15(5,9-16)8-10(2)3;/h7,10H,6,8-9,16H2,1-5H3,(H,17,18);1H. The number of carbonyl (C=O) groups excluding carboxylic acids is 1. The molecule has 0 aliphatic heterocycles. The van der Waals surface area contributed by atoms with E-state index in [1.807, 2.05) is 20.8 Å². The summed E-state index contributed by atoms with van der Waals surface area (Å²) in [5, 5.41) is 3.00. The van der Waals surface area contributed by atoms with Crippen molar-refractivity contribution in [2.45, 2.75) is 53.0 Å². The normalized spacial score (nSPS) is 13.8. The molecule has 0 aliphatic carbocycles. The van der Waals surface area contributed by atoms with Crippen LogP contribution in [0.25, 0.3) is 0 Å². The molecule has 1 aromatic rings. The van der Waals surface area contributed by atoms with E-state index < -0.39 is 5.54 Å². The van der Waals surface area contributed by atoms with Crippen molar-refractivity contribution in [2.24, 2.45) is 11.7 Å². The van der Waals surface area contributed by atoms with Gasteiger partial charge in [-0.15, -0.1) is 12.4 Å². The molecule has 1 aromatic heterocycles. The SMILES string of the molecule is CCc1oc(C(=O)NC(C)(CN)CC(C)C)cc1C.Cl. The minimum absolute atomic E-state index is 0. The third-order valence-corrected chi connectivity index (χ3v) is 3.29. The van der Waals surface area contributed by atoms with Gasteiger partial charge in [0.1, 0.15) is 5.76 Å². The smallest absolute Gasteiger partial charge is 0.287 e. The van der Waals surface area contributed by atoms with Gasteiger partial charge in [0.05, 0.1) is 5.54 Å². The summed E-state index contributed by atoms with van der Waals surface area (Å²) in [7, 11) is 0. The van der Waals surface area contributed by atoms with E-state index in [0.717, 1.165) is 24.2 Å². The predicted molar refractivity (Wildman–Crippen MR) is 84.5 cm³/mol. The Morgan fingerprint density at radius 2 is 2.10 bits per heavy atom. The van der Waals surface area contributed by atoms with E-state index in [4.69, 9.17) is 10.2 Å². The largest absolute Gasteiger partial charge is 0.456 e. The first-order valence-electron chi connectivity index (χ1n) is 6.93. The van der Waals surface area contributed by atoms with Crippen molar-refractivity contribution in [1.29, 1.82) is 0 Å². The fraction of sp³-hybridized carbons (Fsp3) is 0.667. The topological polar surface area (TPSA) is 68.3 Å². The summed E-state index contributed by atoms with van der Waals surface area (Å²) in [6, 6.07) is 1.79. The van der Waals surface area contributed by atoms with Crippen LogP contribution in [0.15, 0.2) is 10.5 Å². The third kappa shape index (κ3) is 4.84. The zero-order valence-corrected chi connectivity index (χ0v) is 13.9. The quantitative estimate of drug-likeness (QED) is 0.848. The number of nitrogens with two attached hydrogens (primary N) is 1. The Kier molecular flexibility index (Phi) is 7.31. The molecule has 5 heteroatoms.